The molecule has 3 aromatic rings. The third kappa shape index (κ3) is 6.61. The standard InChI is InChI=1S/C26H22ClN3O4/c1-17-6-5-7-20(12-17)29-26(32)19(15-28)13-18-10-11-23(21(27)14-18)34-16-25(31)30-22-8-3-4-9-24(22)33-2/h3-14H,16H2,1-2H3,(H,29,32)(H,30,31)/b19-13+. The van der Waals surface area contributed by atoms with Crippen LogP contribution in [-0.4, -0.2) is 25.5 Å². The highest BCUT2D eigenvalue weighted by Gasteiger charge is 2.12. The summed E-state index contributed by atoms with van der Waals surface area (Å²) in [6, 6.07) is 20.9. The average Bonchev–Trinajstić information content (AvgIpc) is 2.82. The maximum atomic E-state index is 12.5. The monoisotopic (exact) mass is 475 g/mol. The molecule has 0 aliphatic rings. The number of nitriles is 1. The first-order valence-corrected chi connectivity index (χ1v) is 10.6. The van der Waals surface area contributed by atoms with Gasteiger partial charge in [-0.15, -0.1) is 0 Å². The zero-order chi connectivity index (χ0) is 24.5. The molecule has 0 fully saturated rings. The Morgan fingerprint density at radius 2 is 1.82 bits per heavy atom. The van der Waals surface area contributed by atoms with Gasteiger partial charge in [0, 0.05) is 5.69 Å². The predicted octanol–water partition coefficient (Wildman–Crippen LogP) is 5.22. The second-order valence-electron chi connectivity index (χ2n) is 7.22. The summed E-state index contributed by atoms with van der Waals surface area (Å²) in [5.41, 5.74) is 2.56. The molecule has 3 rings (SSSR count). The van der Waals surface area contributed by atoms with Crippen LogP contribution in [0.1, 0.15) is 11.1 Å². The van der Waals surface area contributed by atoms with E-state index in [1.54, 1.807) is 54.6 Å². The number of amides is 2. The number of hydrogen-bond acceptors (Lipinski definition) is 5. The number of halogens is 1. The maximum Gasteiger partial charge on any atom is 0.266 e. The van der Waals surface area contributed by atoms with Crippen LogP contribution in [0.15, 0.2) is 72.3 Å². The van der Waals surface area contributed by atoms with E-state index in [0.717, 1.165) is 5.56 Å². The van der Waals surface area contributed by atoms with E-state index in [0.29, 0.717) is 22.7 Å². The lowest BCUT2D eigenvalue weighted by Gasteiger charge is -2.11. The highest BCUT2D eigenvalue weighted by atomic mass is 35.5. The molecule has 0 aliphatic heterocycles. The Balaban J connectivity index is 1.64. The van der Waals surface area contributed by atoms with Gasteiger partial charge in [0.25, 0.3) is 11.8 Å². The number of methoxy groups -OCH3 is 1. The van der Waals surface area contributed by atoms with Gasteiger partial charge in [0.15, 0.2) is 6.61 Å². The predicted molar refractivity (Wildman–Crippen MR) is 132 cm³/mol. The minimum absolute atomic E-state index is 0.0811. The molecule has 3 aromatic carbocycles. The van der Waals surface area contributed by atoms with E-state index >= 15 is 0 Å². The van der Waals surface area contributed by atoms with Gasteiger partial charge < -0.3 is 20.1 Å². The summed E-state index contributed by atoms with van der Waals surface area (Å²) in [4.78, 5) is 24.7. The molecule has 2 amide bonds. The van der Waals surface area contributed by atoms with Crippen LogP contribution < -0.4 is 20.1 Å². The number of nitrogens with zero attached hydrogens (tertiary/aromatic N) is 1. The fourth-order valence-corrected chi connectivity index (χ4v) is 3.28. The van der Waals surface area contributed by atoms with E-state index in [2.05, 4.69) is 10.6 Å². The van der Waals surface area contributed by atoms with E-state index in [1.807, 2.05) is 25.1 Å². The summed E-state index contributed by atoms with van der Waals surface area (Å²) in [5.74, 6) is -0.0943. The van der Waals surface area contributed by atoms with Crippen molar-refractivity contribution in [3.63, 3.8) is 0 Å². The zero-order valence-corrected chi connectivity index (χ0v) is 19.3. The van der Waals surface area contributed by atoms with Gasteiger partial charge in [0.2, 0.25) is 0 Å². The van der Waals surface area contributed by atoms with Crippen molar-refractivity contribution in [2.45, 2.75) is 6.92 Å². The molecule has 0 aromatic heterocycles. The SMILES string of the molecule is COc1ccccc1NC(=O)COc1ccc(/C=C(\C#N)C(=O)Nc2cccc(C)c2)cc1Cl. The molecule has 34 heavy (non-hydrogen) atoms. The van der Waals surface area contributed by atoms with Gasteiger partial charge >= 0.3 is 0 Å². The number of carbonyl (C=O) groups excluding carboxylic acids is 2. The summed E-state index contributed by atoms with van der Waals surface area (Å²) < 4.78 is 10.7. The molecule has 0 spiro atoms. The number of hydrogen-bond donors (Lipinski definition) is 2. The van der Waals surface area contributed by atoms with Gasteiger partial charge in [0.05, 0.1) is 17.8 Å². The lowest BCUT2D eigenvalue weighted by Crippen LogP contribution is -2.20. The van der Waals surface area contributed by atoms with Crippen molar-refractivity contribution in [1.29, 1.82) is 5.26 Å². The summed E-state index contributed by atoms with van der Waals surface area (Å²) in [6.07, 6.45) is 1.43. The van der Waals surface area contributed by atoms with Crippen molar-refractivity contribution < 1.29 is 19.1 Å². The molecule has 0 atom stereocenters. The third-order valence-electron chi connectivity index (χ3n) is 4.65. The summed E-state index contributed by atoms with van der Waals surface area (Å²) >= 11 is 6.28. The summed E-state index contributed by atoms with van der Waals surface area (Å²) in [6.45, 7) is 1.64. The first-order chi connectivity index (χ1) is 16.4. The summed E-state index contributed by atoms with van der Waals surface area (Å²) in [5, 5.41) is 15.1. The molecular formula is C26H22ClN3O4. The second kappa shape index (κ2) is 11.5. The first-order valence-electron chi connectivity index (χ1n) is 10.2. The van der Waals surface area contributed by atoms with Gasteiger partial charge in [-0.2, -0.15) is 5.26 Å². The van der Waals surface area contributed by atoms with Crippen LogP contribution in [0, 0.1) is 18.3 Å². The molecule has 0 unspecified atom stereocenters. The van der Waals surface area contributed by atoms with Crippen LogP contribution in [0.3, 0.4) is 0 Å². The molecule has 172 valence electrons. The average molecular weight is 476 g/mol. The molecule has 0 saturated heterocycles. The van der Waals surface area contributed by atoms with Gasteiger partial charge in [-0.1, -0.05) is 41.9 Å². The Kier molecular flexibility index (Phi) is 8.27. The van der Waals surface area contributed by atoms with Gasteiger partial charge in [-0.05, 0) is 60.5 Å². The van der Waals surface area contributed by atoms with E-state index < -0.39 is 5.91 Å². The minimum atomic E-state index is -0.530. The van der Waals surface area contributed by atoms with E-state index in [1.165, 1.54) is 13.2 Å². The normalized spacial score (nSPS) is 10.7. The van der Waals surface area contributed by atoms with Crippen molar-refractivity contribution in [2.75, 3.05) is 24.4 Å². The molecule has 0 aliphatic carbocycles. The van der Waals surface area contributed by atoms with Crippen molar-refractivity contribution in [2.24, 2.45) is 0 Å². The largest absolute Gasteiger partial charge is 0.495 e. The Labute approximate surface area is 202 Å². The zero-order valence-electron chi connectivity index (χ0n) is 18.6. The molecule has 0 heterocycles. The highest BCUT2D eigenvalue weighted by molar-refractivity contribution is 6.32. The van der Waals surface area contributed by atoms with Crippen molar-refractivity contribution in [1.82, 2.24) is 0 Å². The topological polar surface area (TPSA) is 100 Å². The minimum Gasteiger partial charge on any atom is -0.495 e. The highest BCUT2D eigenvalue weighted by Crippen LogP contribution is 2.27. The number of aryl methyl sites for hydroxylation is 1. The number of ether oxygens (including phenoxy) is 2. The number of anilines is 2. The van der Waals surface area contributed by atoms with Crippen LogP contribution in [0.5, 0.6) is 11.5 Å². The molecular weight excluding hydrogens is 454 g/mol. The van der Waals surface area contributed by atoms with E-state index in [4.69, 9.17) is 21.1 Å². The van der Waals surface area contributed by atoms with E-state index in [-0.39, 0.29) is 28.9 Å². The third-order valence-corrected chi connectivity index (χ3v) is 4.94. The fraction of sp³-hybridized carbons (Fsp3) is 0.115. The lowest BCUT2D eigenvalue weighted by molar-refractivity contribution is -0.118. The molecule has 2 N–H and O–H groups in total. The fourth-order valence-electron chi connectivity index (χ4n) is 3.04. The quantitative estimate of drug-likeness (QED) is 0.343. The van der Waals surface area contributed by atoms with Crippen molar-refractivity contribution in [3.8, 4) is 17.6 Å². The number of carbonyl (C=O) groups is 2. The Bertz CT molecular complexity index is 1280. The summed E-state index contributed by atoms with van der Waals surface area (Å²) in [7, 11) is 1.52. The Morgan fingerprint density at radius 1 is 1.03 bits per heavy atom. The van der Waals surface area contributed by atoms with Crippen LogP contribution >= 0.6 is 11.6 Å². The molecule has 0 bridgehead atoms. The van der Waals surface area contributed by atoms with E-state index in [9.17, 15) is 14.9 Å². The van der Waals surface area contributed by atoms with Crippen LogP contribution in [-0.2, 0) is 9.59 Å². The Morgan fingerprint density at radius 3 is 2.53 bits per heavy atom. The first kappa shape index (κ1) is 24.4. The number of rotatable bonds is 8. The second-order valence-corrected chi connectivity index (χ2v) is 7.63. The van der Waals surface area contributed by atoms with Gasteiger partial charge in [0.1, 0.15) is 23.1 Å². The Hall–Kier alpha value is -4.28. The molecule has 0 radical (unpaired) electrons. The lowest BCUT2D eigenvalue weighted by atomic mass is 10.1. The van der Waals surface area contributed by atoms with Crippen LogP contribution in [0.2, 0.25) is 5.02 Å². The van der Waals surface area contributed by atoms with Crippen molar-refractivity contribution >= 4 is 40.9 Å². The smallest absolute Gasteiger partial charge is 0.266 e. The number of benzene rings is 3. The van der Waals surface area contributed by atoms with Crippen LogP contribution in [0.4, 0.5) is 11.4 Å². The molecule has 8 heteroatoms. The molecule has 7 nitrogen and oxygen atoms in total. The maximum absolute atomic E-state index is 12.5. The number of nitrogens with one attached hydrogen (secondary N) is 2. The van der Waals surface area contributed by atoms with Crippen molar-refractivity contribution in [3.05, 3.63) is 88.5 Å². The number of para-hydroxylation sites is 2. The van der Waals surface area contributed by atoms with Gasteiger partial charge in [-0.25, -0.2) is 0 Å². The van der Waals surface area contributed by atoms with Gasteiger partial charge in [-0.3, -0.25) is 9.59 Å². The molecule has 0 saturated carbocycles. The van der Waals surface area contributed by atoms with Crippen LogP contribution in [0.25, 0.3) is 6.08 Å².